The van der Waals surface area contributed by atoms with E-state index in [1.165, 1.54) is 5.56 Å². The molecule has 3 aromatic rings. The van der Waals surface area contributed by atoms with E-state index >= 15 is 0 Å². The fourth-order valence-electron chi connectivity index (χ4n) is 3.93. The molecular weight excluding hydrogens is 348 g/mol. The Kier molecular flexibility index (Phi) is 5.11. The maximum Gasteiger partial charge on any atom is 0.244 e. The number of hydrogen-bond acceptors (Lipinski definition) is 3. The molecule has 1 atom stereocenters. The molecule has 1 N–H and O–H groups in total. The van der Waals surface area contributed by atoms with E-state index in [1.54, 1.807) is 7.11 Å². The van der Waals surface area contributed by atoms with Crippen LogP contribution in [0.2, 0.25) is 0 Å². The molecular formula is C24H24N2O2. The van der Waals surface area contributed by atoms with Crippen LogP contribution in [0.1, 0.15) is 30.0 Å². The number of nitrogens with zero attached hydrogens (tertiary/aromatic N) is 1. The third-order valence-corrected chi connectivity index (χ3v) is 5.28. The number of benzene rings is 3. The third kappa shape index (κ3) is 3.77. The number of hydrogen-bond donors (Lipinski definition) is 1. The molecule has 0 heterocycles. The first-order valence-corrected chi connectivity index (χ1v) is 9.63. The number of methoxy groups -OCH3 is 1. The first-order valence-electron chi connectivity index (χ1n) is 9.63. The molecule has 0 aliphatic heterocycles. The normalized spacial score (nSPS) is 17.4. The van der Waals surface area contributed by atoms with Crippen LogP contribution in [0.4, 0.5) is 0 Å². The largest absolute Gasteiger partial charge is 0.497 e. The Labute approximate surface area is 165 Å². The van der Waals surface area contributed by atoms with Crippen LogP contribution in [0.15, 0.2) is 65.8 Å². The zero-order valence-corrected chi connectivity index (χ0v) is 16.2. The van der Waals surface area contributed by atoms with Crippen LogP contribution >= 0.6 is 0 Å². The highest BCUT2D eigenvalue weighted by molar-refractivity contribution is 6.03. The minimum atomic E-state index is -0.0999. The molecule has 0 unspecified atom stereocenters. The Morgan fingerprint density at radius 3 is 2.79 bits per heavy atom. The summed E-state index contributed by atoms with van der Waals surface area (Å²) in [5.74, 6) is 1.23. The van der Waals surface area contributed by atoms with Gasteiger partial charge in [-0.2, -0.15) is 5.10 Å². The quantitative estimate of drug-likeness (QED) is 0.686. The monoisotopic (exact) mass is 372 g/mol. The van der Waals surface area contributed by atoms with Crippen molar-refractivity contribution in [1.82, 2.24) is 5.43 Å². The summed E-state index contributed by atoms with van der Waals surface area (Å²) >= 11 is 0. The summed E-state index contributed by atoms with van der Waals surface area (Å²) in [6.45, 7) is 2.20. The van der Waals surface area contributed by atoms with Gasteiger partial charge >= 0.3 is 0 Å². The average Bonchev–Trinajstić information content (AvgIpc) is 2.71. The smallest absolute Gasteiger partial charge is 0.244 e. The standard InChI is InChI=1S/C24H24N2O2/c1-16-12-19-14-20(28-2)10-11-22(19)23(13-16)25-26-24(27)15-18-8-5-7-17-6-3-4-9-21(17)18/h3-11,14,16H,12-13,15H2,1-2H3,(H,26,27)/b25-23-/t16-/m0/s1. The summed E-state index contributed by atoms with van der Waals surface area (Å²) in [6, 6.07) is 20.2. The second-order valence-electron chi connectivity index (χ2n) is 7.45. The number of rotatable bonds is 4. The predicted octanol–water partition coefficient (Wildman–Crippen LogP) is 4.49. The van der Waals surface area contributed by atoms with Gasteiger partial charge in [-0.15, -0.1) is 0 Å². The van der Waals surface area contributed by atoms with Gasteiger partial charge in [-0.3, -0.25) is 4.79 Å². The maximum absolute atomic E-state index is 12.6. The Morgan fingerprint density at radius 1 is 1.11 bits per heavy atom. The summed E-state index contributed by atoms with van der Waals surface area (Å²) < 4.78 is 5.34. The van der Waals surface area contributed by atoms with Gasteiger partial charge in [0.1, 0.15) is 5.75 Å². The van der Waals surface area contributed by atoms with E-state index < -0.39 is 0 Å². The van der Waals surface area contributed by atoms with Crippen molar-refractivity contribution < 1.29 is 9.53 Å². The Morgan fingerprint density at radius 2 is 1.93 bits per heavy atom. The van der Waals surface area contributed by atoms with Crippen molar-refractivity contribution in [3.05, 3.63) is 77.4 Å². The van der Waals surface area contributed by atoms with Crippen molar-refractivity contribution in [3.8, 4) is 5.75 Å². The molecule has 4 rings (SSSR count). The first kappa shape index (κ1) is 18.2. The molecule has 1 amide bonds. The Bertz CT molecular complexity index is 1050. The maximum atomic E-state index is 12.6. The molecule has 0 aromatic heterocycles. The van der Waals surface area contributed by atoms with E-state index in [0.29, 0.717) is 12.3 Å². The number of amides is 1. The lowest BCUT2D eigenvalue weighted by atomic mass is 9.83. The van der Waals surface area contributed by atoms with Crippen LogP contribution in [-0.4, -0.2) is 18.7 Å². The van der Waals surface area contributed by atoms with E-state index in [9.17, 15) is 4.79 Å². The third-order valence-electron chi connectivity index (χ3n) is 5.28. The highest BCUT2D eigenvalue weighted by Crippen LogP contribution is 2.29. The van der Waals surface area contributed by atoms with Crippen LogP contribution in [0, 0.1) is 5.92 Å². The Balaban J connectivity index is 1.53. The summed E-state index contributed by atoms with van der Waals surface area (Å²) in [6.07, 6.45) is 2.16. The molecule has 0 radical (unpaired) electrons. The summed E-state index contributed by atoms with van der Waals surface area (Å²) in [7, 11) is 1.68. The number of nitrogens with one attached hydrogen (secondary N) is 1. The van der Waals surface area contributed by atoms with Gasteiger partial charge in [0.2, 0.25) is 5.91 Å². The van der Waals surface area contributed by atoms with E-state index in [4.69, 9.17) is 4.74 Å². The molecule has 4 heteroatoms. The first-order chi connectivity index (χ1) is 13.6. The van der Waals surface area contributed by atoms with Crippen LogP contribution in [0.5, 0.6) is 5.75 Å². The van der Waals surface area contributed by atoms with Crippen LogP contribution in [-0.2, 0) is 17.6 Å². The number of hydrazone groups is 1. The minimum Gasteiger partial charge on any atom is -0.497 e. The molecule has 3 aromatic carbocycles. The molecule has 142 valence electrons. The molecule has 28 heavy (non-hydrogen) atoms. The van der Waals surface area contributed by atoms with Crippen molar-refractivity contribution in [2.75, 3.05) is 7.11 Å². The van der Waals surface area contributed by atoms with Gasteiger partial charge in [-0.05, 0) is 58.9 Å². The van der Waals surface area contributed by atoms with E-state index in [2.05, 4.69) is 41.7 Å². The van der Waals surface area contributed by atoms with Crippen LogP contribution < -0.4 is 10.2 Å². The second-order valence-corrected chi connectivity index (χ2v) is 7.45. The predicted molar refractivity (Wildman–Crippen MR) is 113 cm³/mol. The van der Waals surface area contributed by atoms with Gasteiger partial charge < -0.3 is 4.74 Å². The van der Waals surface area contributed by atoms with Gasteiger partial charge in [0, 0.05) is 5.56 Å². The average molecular weight is 372 g/mol. The summed E-state index contributed by atoms with van der Waals surface area (Å²) in [5, 5.41) is 6.73. The molecule has 0 saturated heterocycles. The van der Waals surface area contributed by atoms with E-state index in [-0.39, 0.29) is 5.91 Å². The van der Waals surface area contributed by atoms with Crippen molar-refractivity contribution in [3.63, 3.8) is 0 Å². The molecule has 4 nitrogen and oxygen atoms in total. The molecule has 0 fully saturated rings. The van der Waals surface area contributed by atoms with Crippen molar-refractivity contribution in [1.29, 1.82) is 0 Å². The molecule has 0 bridgehead atoms. The molecule has 1 aliphatic rings. The second kappa shape index (κ2) is 7.85. The molecule has 0 saturated carbocycles. The number of ether oxygens (including phenoxy) is 1. The molecule has 0 spiro atoms. The van der Waals surface area contributed by atoms with Crippen molar-refractivity contribution in [2.24, 2.45) is 11.0 Å². The van der Waals surface area contributed by atoms with Crippen LogP contribution in [0.25, 0.3) is 10.8 Å². The van der Waals surface area contributed by atoms with Crippen molar-refractivity contribution in [2.45, 2.75) is 26.2 Å². The van der Waals surface area contributed by atoms with Gasteiger partial charge in [-0.1, -0.05) is 49.4 Å². The lowest BCUT2D eigenvalue weighted by Crippen LogP contribution is -2.25. The highest BCUT2D eigenvalue weighted by atomic mass is 16.5. The topological polar surface area (TPSA) is 50.7 Å². The van der Waals surface area contributed by atoms with E-state index in [1.807, 2.05) is 36.4 Å². The van der Waals surface area contributed by atoms with Gasteiger partial charge in [-0.25, -0.2) is 5.43 Å². The fraction of sp³-hybridized carbons (Fsp3) is 0.250. The zero-order valence-electron chi connectivity index (χ0n) is 16.2. The highest BCUT2D eigenvalue weighted by Gasteiger charge is 2.21. The number of carbonyl (C=O) groups is 1. The van der Waals surface area contributed by atoms with Gasteiger partial charge in [0.05, 0.1) is 19.2 Å². The summed E-state index contributed by atoms with van der Waals surface area (Å²) in [5.41, 5.74) is 7.04. The SMILES string of the molecule is COc1ccc2c(c1)C[C@H](C)C/C2=N/NC(=O)Cc1cccc2ccccc12. The van der Waals surface area contributed by atoms with Gasteiger partial charge in [0.15, 0.2) is 0 Å². The Hall–Kier alpha value is -3.14. The fourth-order valence-corrected chi connectivity index (χ4v) is 3.93. The summed E-state index contributed by atoms with van der Waals surface area (Å²) in [4.78, 5) is 12.6. The number of fused-ring (bicyclic) bond motifs is 2. The lowest BCUT2D eigenvalue weighted by Gasteiger charge is -2.23. The zero-order chi connectivity index (χ0) is 19.5. The van der Waals surface area contributed by atoms with Gasteiger partial charge in [0.25, 0.3) is 0 Å². The van der Waals surface area contributed by atoms with Crippen LogP contribution in [0.3, 0.4) is 0 Å². The number of carbonyl (C=O) groups excluding carboxylic acids is 1. The van der Waals surface area contributed by atoms with Crippen molar-refractivity contribution >= 4 is 22.4 Å². The molecule has 1 aliphatic carbocycles. The van der Waals surface area contributed by atoms with E-state index in [0.717, 1.165) is 46.2 Å². The minimum absolute atomic E-state index is 0.0999. The lowest BCUT2D eigenvalue weighted by molar-refractivity contribution is -0.120.